The Morgan fingerprint density at radius 2 is 2.05 bits per heavy atom. The van der Waals surface area contributed by atoms with E-state index in [-0.39, 0.29) is 12.8 Å². The van der Waals surface area contributed by atoms with Crippen molar-refractivity contribution < 1.29 is 27.5 Å². The fourth-order valence-electron chi connectivity index (χ4n) is 1.41. The van der Waals surface area contributed by atoms with Gasteiger partial charge in [0.05, 0.1) is 4.90 Å². The topological polar surface area (TPSA) is 127 Å². The standard InChI is InChI=1S/C11H13FN2O5S/c12-7-2-1-3-8(6-7)20(18,19)14-9(11(16)17)4-5-10(13)15/h1-3,6,9,14H,4-5H2,(H2,13,15)(H,16,17)/t9-/m0/s1. The molecule has 0 bridgehead atoms. The van der Waals surface area contributed by atoms with Gasteiger partial charge in [-0.05, 0) is 24.6 Å². The molecule has 0 aliphatic carbocycles. The molecule has 0 aliphatic heterocycles. The Bertz CT molecular complexity index is 617. The van der Waals surface area contributed by atoms with E-state index in [0.29, 0.717) is 0 Å². The van der Waals surface area contributed by atoms with E-state index in [0.717, 1.165) is 18.2 Å². The second-order valence-corrected chi connectivity index (χ2v) is 5.69. The van der Waals surface area contributed by atoms with E-state index in [4.69, 9.17) is 10.8 Å². The highest BCUT2D eigenvalue weighted by Gasteiger charge is 2.25. The Hall–Kier alpha value is -2.00. The number of nitrogens with two attached hydrogens (primary N) is 1. The van der Waals surface area contributed by atoms with Crippen LogP contribution in [0.1, 0.15) is 12.8 Å². The van der Waals surface area contributed by atoms with E-state index >= 15 is 0 Å². The molecule has 1 aromatic rings. The predicted molar refractivity (Wildman–Crippen MR) is 66.6 cm³/mol. The quantitative estimate of drug-likeness (QED) is 0.644. The van der Waals surface area contributed by atoms with E-state index < -0.39 is 38.7 Å². The van der Waals surface area contributed by atoms with Crippen molar-refractivity contribution in [2.75, 3.05) is 0 Å². The van der Waals surface area contributed by atoms with Crippen LogP contribution in [-0.2, 0) is 19.6 Å². The van der Waals surface area contributed by atoms with Crippen molar-refractivity contribution in [3.05, 3.63) is 30.1 Å². The van der Waals surface area contributed by atoms with Gasteiger partial charge in [0.25, 0.3) is 0 Å². The number of carboxylic acids is 1. The molecule has 0 unspecified atom stereocenters. The normalized spacial score (nSPS) is 12.8. The fraction of sp³-hybridized carbons (Fsp3) is 0.273. The maximum Gasteiger partial charge on any atom is 0.321 e. The van der Waals surface area contributed by atoms with Gasteiger partial charge in [-0.15, -0.1) is 0 Å². The Morgan fingerprint density at radius 3 is 2.55 bits per heavy atom. The highest BCUT2D eigenvalue weighted by Crippen LogP contribution is 2.12. The molecule has 1 atom stereocenters. The summed E-state index contributed by atoms with van der Waals surface area (Å²) in [4.78, 5) is 21.1. The van der Waals surface area contributed by atoms with E-state index in [1.165, 1.54) is 6.07 Å². The van der Waals surface area contributed by atoms with Gasteiger partial charge in [0.2, 0.25) is 15.9 Å². The molecule has 0 heterocycles. The average Bonchev–Trinajstić information content (AvgIpc) is 2.34. The number of aliphatic carboxylic acids is 1. The number of hydrogen-bond acceptors (Lipinski definition) is 4. The van der Waals surface area contributed by atoms with Gasteiger partial charge in [-0.25, -0.2) is 12.8 Å². The summed E-state index contributed by atoms with van der Waals surface area (Å²) >= 11 is 0. The van der Waals surface area contributed by atoms with E-state index in [9.17, 15) is 22.4 Å². The lowest BCUT2D eigenvalue weighted by molar-refractivity contribution is -0.139. The zero-order valence-electron chi connectivity index (χ0n) is 10.2. The molecule has 0 aliphatic rings. The first kappa shape index (κ1) is 16.1. The molecule has 1 aromatic carbocycles. The van der Waals surface area contributed by atoms with Crippen LogP contribution in [0.4, 0.5) is 4.39 Å². The number of rotatable bonds is 7. The fourth-order valence-corrected chi connectivity index (χ4v) is 2.66. The Balaban J connectivity index is 2.91. The number of carbonyl (C=O) groups excluding carboxylic acids is 1. The molecule has 9 heteroatoms. The Kier molecular flexibility index (Phi) is 5.17. The second-order valence-electron chi connectivity index (χ2n) is 3.97. The molecule has 0 spiro atoms. The molecule has 0 aromatic heterocycles. The first-order valence-electron chi connectivity index (χ1n) is 5.51. The number of hydrogen-bond donors (Lipinski definition) is 3. The largest absolute Gasteiger partial charge is 0.480 e. The Morgan fingerprint density at radius 1 is 1.40 bits per heavy atom. The molecule has 20 heavy (non-hydrogen) atoms. The highest BCUT2D eigenvalue weighted by molar-refractivity contribution is 7.89. The van der Waals surface area contributed by atoms with Crippen molar-refractivity contribution in [1.82, 2.24) is 4.72 Å². The molecule has 110 valence electrons. The molecular weight excluding hydrogens is 291 g/mol. The SMILES string of the molecule is NC(=O)CC[C@H](NS(=O)(=O)c1cccc(F)c1)C(=O)O. The summed E-state index contributed by atoms with van der Waals surface area (Å²) in [5.41, 5.74) is 4.88. The molecule has 0 saturated carbocycles. The van der Waals surface area contributed by atoms with Gasteiger partial charge >= 0.3 is 5.97 Å². The number of primary amides is 1. The zero-order valence-corrected chi connectivity index (χ0v) is 11.1. The van der Waals surface area contributed by atoms with Crippen molar-refractivity contribution in [3.63, 3.8) is 0 Å². The van der Waals surface area contributed by atoms with Gasteiger partial charge < -0.3 is 10.8 Å². The number of halogens is 1. The monoisotopic (exact) mass is 304 g/mol. The average molecular weight is 304 g/mol. The third-order valence-corrected chi connectivity index (χ3v) is 3.85. The van der Waals surface area contributed by atoms with Crippen LogP contribution in [0.5, 0.6) is 0 Å². The molecule has 1 rings (SSSR count). The third-order valence-electron chi connectivity index (χ3n) is 2.38. The lowest BCUT2D eigenvalue weighted by atomic mass is 10.2. The van der Waals surface area contributed by atoms with E-state index in [1.54, 1.807) is 0 Å². The molecule has 1 amide bonds. The van der Waals surface area contributed by atoms with Crippen LogP contribution in [0.25, 0.3) is 0 Å². The predicted octanol–water partition coefficient (Wildman–Crippen LogP) is -0.177. The number of nitrogens with one attached hydrogen (secondary N) is 1. The van der Waals surface area contributed by atoms with Gasteiger partial charge in [0, 0.05) is 6.42 Å². The molecule has 4 N–H and O–H groups in total. The van der Waals surface area contributed by atoms with Crippen LogP contribution < -0.4 is 10.5 Å². The van der Waals surface area contributed by atoms with Crippen molar-refractivity contribution in [3.8, 4) is 0 Å². The van der Waals surface area contributed by atoms with E-state index in [1.807, 2.05) is 4.72 Å². The van der Waals surface area contributed by atoms with Crippen LogP contribution in [0, 0.1) is 5.82 Å². The smallest absolute Gasteiger partial charge is 0.321 e. The summed E-state index contributed by atoms with van der Waals surface area (Å²) in [5, 5.41) is 8.90. The van der Waals surface area contributed by atoms with Crippen LogP contribution in [0.15, 0.2) is 29.2 Å². The number of carbonyl (C=O) groups is 2. The summed E-state index contributed by atoms with van der Waals surface area (Å²) in [5.74, 6) is -2.97. The second kappa shape index (κ2) is 6.44. The minimum absolute atomic E-state index is 0.289. The number of sulfonamides is 1. The summed E-state index contributed by atoms with van der Waals surface area (Å²) < 4.78 is 38.6. The van der Waals surface area contributed by atoms with Crippen LogP contribution in [0.2, 0.25) is 0 Å². The van der Waals surface area contributed by atoms with Gasteiger partial charge in [0.1, 0.15) is 11.9 Å². The van der Waals surface area contributed by atoms with Crippen molar-refractivity contribution >= 4 is 21.9 Å². The van der Waals surface area contributed by atoms with Gasteiger partial charge in [-0.1, -0.05) is 6.07 Å². The minimum Gasteiger partial charge on any atom is -0.480 e. The minimum atomic E-state index is -4.20. The summed E-state index contributed by atoms with van der Waals surface area (Å²) in [6, 6.07) is 2.60. The lowest BCUT2D eigenvalue weighted by Gasteiger charge is -2.14. The van der Waals surface area contributed by atoms with Gasteiger partial charge in [0.15, 0.2) is 0 Å². The highest BCUT2D eigenvalue weighted by atomic mass is 32.2. The Labute approximate surface area is 114 Å². The number of benzene rings is 1. The zero-order chi connectivity index (χ0) is 15.3. The van der Waals surface area contributed by atoms with Crippen molar-refractivity contribution in [2.24, 2.45) is 5.73 Å². The maximum absolute atomic E-state index is 13.0. The van der Waals surface area contributed by atoms with Crippen LogP contribution in [0.3, 0.4) is 0 Å². The van der Waals surface area contributed by atoms with E-state index in [2.05, 4.69) is 0 Å². The number of carboxylic acid groups (broad SMARTS) is 1. The van der Waals surface area contributed by atoms with Gasteiger partial charge in [-0.3, -0.25) is 9.59 Å². The van der Waals surface area contributed by atoms with Crippen LogP contribution in [-0.4, -0.2) is 31.4 Å². The third kappa shape index (κ3) is 4.59. The summed E-state index contributed by atoms with van der Waals surface area (Å²) in [6.07, 6.45) is -0.581. The van der Waals surface area contributed by atoms with Gasteiger partial charge in [-0.2, -0.15) is 4.72 Å². The van der Waals surface area contributed by atoms with Crippen LogP contribution >= 0.6 is 0 Å². The molecule has 0 saturated heterocycles. The first-order chi connectivity index (χ1) is 9.22. The summed E-state index contributed by atoms with van der Waals surface area (Å²) in [6.45, 7) is 0. The maximum atomic E-state index is 13.0. The lowest BCUT2D eigenvalue weighted by Crippen LogP contribution is -2.41. The molecule has 0 radical (unpaired) electrons. The van der Waals surface area contributed by atoms with Crippen molar-refractivity contribution in [1.29, 1.82) is 0 Å². The molecular formula is C11H13FN2O5S. The molecule has 7 nitrogen and oxygen atoms in total. The van der Waals surface area contributed by atoms with Crippen molar-refractivity contribution in [2.45, 2.75) is 23.8 Å². The molecule has 0 fully saturated rings. The number of amides is 1. The first-order valence-corrected chi connectivity index (χ1v) is 6.99. The summed E-state index contributed by atoms with van der Waals surface area (Å²) in [7, 11) is -4.20.